The molecule has 0 radical (unpaired) electrons. The zero-order chi connectivity index (χ0) is 15.2. The number of anilines is 1. The van der Waals surface area contributed by atoms with Gasteiger partial charge in [-0.1, -0.05) is 23.1 Å². The van der Waals surface area contributed by atoms with Gasteiger partial charge in [0.25, 0.3) is 0 Å². The van der Waals surface area contributed by atoms with Gasteiger partial charge in [-0.25, -0.2) is 0 Å². The third kappa shape index (κ3) is 4.69. The quantitative estimate of drug-likeness (QED) is 0.784. The second kappa shape index (κ2) is 7.77. The lowest BCUT2D eigenvalue weighted by Crippen LogP contribution is -2.27. The van der Waals surface area contributed by atoms with Gasteiger partial charge in [0, 0.05) is 18.5 Å². The molecular formula is C13H18N4OS3. The highest BCUT2D eigenvalue weighted by molar-refractivity contribution is 8.01. The van der Waals surface area contributed by atoms with Crippen LogP contribution < -0.4 is 5.32 Å². The Morgan fingerprint density at radius 1 is 1.48 bits per heavy atom. The van der Waals surface area contributed by atoms with E-state index in [1.807, 2.05) is 14.0 Å². The lowest BCUT2D eigenvalue weighted by atomic mass is 10.3. The highest BCUT2D eigenvalue weighted by Gasteiger charge is 2.13. The number of thioether (sulfide) groups is 1. The highest BCUT2D eigenvalue weighted by Crippen LogP contribution is 2.25. The van der Waals surface area contributed by atoms with Crippen LogP contribution in [0.5, 0.6) is 0 Å². The summed E-state index contributed by atoms with van der Waals surface area (Å²) in [5.74, 6) is 0.495. The number of carbonyl (C=O) groups is 1. The van der Waals surface area contributed by atoms with Crippen molar-refractivity contribution in [1.82, 2.24) is 15.1 Å². The van der Waals surface area contributed by atoms with Gasteiger partial charge in [-0.2, -0.15) is 0 Å². The van der Waals surface area contributed by atoms with Gasteiger partial charge < -0.3 is 10.2 Å². The van der Waals surface area contributed by atoms with Gasteiger partial charge in [0.1, 0.15) is 0 Å². The number of aryl methyl sites for hydroxylation is 1. The molecule has 0 saturated heterocycles. The second-order valence-corrected chi connectivity index (χ2v) is 7.67. The van der Waals surface area contributed by atoms with Crippen molar-refractivity contribution in [3.05, 3.63) is 21.9 Å². The molecule has 0 unspecified atom stereocenters. The third-order valence-electron chi connectivity index (χ3n) is 2.83. The Labute approximate surface area is 136 Å². The summed E-state index contributed by atoms with van der Waals surface area (Å²) >= 11 is 4.61. The summed E-state index contributed by atoms with van der Waals surface area (Å²) < 4.78 is 0.819. The van der Waals surface area contributed by atoms with Crippen LogP contribution in [0, 0.1) is 6.92 Å². The standard InChI is InChI=1S/C13H18N4OS3/c1-4-14-12-15-16-13(21-12)20-8-11(18)17(3)7-10-9(2)5-6-19-10/h5-6H,4,7-8H2,1-3H3,(H,14,15). The van der Waals surface area contributed by atoms with E-state index in [2.05, 4.69) is 33.9 Å². The Balaban J connectivity index is 1.81. The molecule has 21 heavy (non-hydrogen) atoms. The molecule has 1 amide bonds. The lowest BCUT2D eigenvalue weighted by molar-refractivity contribution is -0.127. The molecule has 2 rings (SSSR count). The van der Waals surface area contributed by atoms with Crippen LogP contribution >= 0.6 is 34.4 Å². The number of hydrogen-bond acceptors (Lipinski definition) is 7. The Morgan fingerprint density at radius 2 is 2.29 bits per heavy atom. The van der Waals surface area contributed by atoms with Crippen molar-refractivity contribution in [2.45, 2.75) is 24.7 Å². The fraction of sp³-hybridized carbons (Fsp3) is 0.462. The van der Waals surface area contributed by atoms with E-state index in [9.17, 15) is 4.79 Å². The molecule has 0 aromatic carbocycles. The van der Waals surface area contributed by atoms with Gasteiger partial charge in [-0.05, 0) is 30.9 Å². The van der Waals surface area contributed by atoms with E-state index >= 15 is 0 Å². The van der Waals surface area contributed by atoms with E-state index in [0.717, 1.165) is 16.0 Å². The lowest BCUT2D eigenvalue weighted by Gasteiger charge is -2.16. The van der Waals surface area contributed by atoms with Crippen LogP contribution in [0.4, 0.5) is 5.13 Å². The molecule has 0 aliphatic carbocycles. The van der Waals surface area contributed by atoms with E-state index in [1.54, 1.807) is 16.2 Å². The first-order chi connectivity index (χ1) is 10.1. The molecule has 2 heterocycles. The van der Waals surface area contributed by atoms with Crippen LogP contribution in [0.15, 0.2) is 15.8 Å². The van der Waals surface area contributed by atoms with Crippen LogP contribution in [-0.2, 0) is 11.3 Å². The van der Waals surface area contributed by atoms with Gasteiger partial charge >= 0.3 is 0 Å². The van der Waals surface area contributed by atoms with Crippen LogP contribution in [0.2, 0.25) is 0 Å². The van der Waals surface area contributed by atoms with E-state index in [0.29, 0.717) is 12.3 Å². The molecule has 114 valence electrons. The first kappa shape index (κ1) is 16.3. The summed E-state index contributed by atoms with van der Waals surface area (Å²) in [4.78, 5) is 15.1. The predicted molar refractivity (Wildman–Crippen MR) is 90.3 cm³/mol. The van der Waals surface area contributed by atoms with Gasteiger partial charge in [-0.15, -0.1) is 21.5 Å². The van der Waals surface area contributed by atoms with Gasteiger partial charge in [-0.3, -0.25) is 4.79 Å². The highest BCUT2D eigenvalue weighted by atomic mass is 32.2. The topological polar surface area (TPSA) is 58.1 Å². The smallest absolute Gasteiger partial charge is 0.233 e. The van der Waals surface area contributed by atoms with Crippen molar-refractivity contribution in [2.24, 2.45) is 0 Å². The van der Waals surface area contributed by atoms with Crippen molar-refractivity contribution in [3.63, 3.8) is 0 Å². The SMILES string of the molecule is CCNc1nnc(SCC(=O)N(C)Cc2sccc2C)s1. The van der Waals surface area contributed by atoms with Crippen LogP contribution in [0.3, 0.4) is 0 Å². The first-order valence-corrected chi connectivity index (χ1v) is 9.25. The Morgan fingerprint density at radius 3 is 2.95 bits per heavy atom. The van der Waals surface area contributed by atoms with E-state index in [4.69, 9.17) is 0 Å². The van der Waals surface area contributed by atoms with Crippen molar-refractivity contribution < 1.29 is 4.79 Å². The van der Waals surface area contributed by atoms with Crippen LogP contribution in [0.1, 0.15) is 17.4 Å². The van der Waals surface area contributed by atoms with E-state index in [1.165, 1.54) is 33.5 Å². The largest absolute Gasteiger partial charge is 0.360 e. The van der Waals surface area contributed by atoms with Gasteiger partial charge in [0.2, 0.25) is 11.0 Å². The minimum absolute atomic E-state index is 0.105. The fourth-order valence-electron chi connectivity index (χ4n) is 1.59. The molecule has 1 N–H and O–H groups in total. The number of nitrogens with zero attached hydrogens (tertiary/aromatic N) is 3. The Kier molecular flexibility index (Phi) is 6.01. The fourth-order valence-corrected chi connectivity index (χ4v) is 4.31. The van der Waals surface area contributed by atoms with Crippen LogP contribution in [0.25, 0.3) is 0 Å². The van der Waals surface area contributed by atoms with Crippen molar-refractivity contribution in [3.8, 4) is 0 Å². The van der Waals surface area contributed by atoms with Crippen molar-refractivity contribution in [2.75, 3.05) is 24.7 Å². The number of nitrogens with one attached hydrogen (secondary N) is 1. The summed E-state index contributed by atoms with van der Waals surface area (Å²) in [7, 11) is 1.84. The molecule has 2 aromatic rings. The maximum atomic E-state index is 12.1. The summed E-state index contributed by atoms with van der Waals surface area (Å²) in [6.45, 7) is 5.57. The first-order valence-electron chi connectivity index (χ1n) is 6.57. The number of hydrogen-bond donors (Lipinski definition) is 1. The molecule has 0 atom stereocenters. The minimum atomic E-state index is 0.105. The molecule has 0 saturated carbocycles. The maximum absolute atomic E-state index is 12.1. The monoisotopic (exact) mass is 342 g/mol. The summed E-state index contributed by atoms with van der Waals surface area (Å²) in [5, 5.41) is 14.0. The number of carbonyl (C=O) groups excluding carboxylic acids is 1. The van der Waals surface area contributed by atoms with E-state index in [-0.39, 0.29) is 5.91 Å². The molecule has 0 aliphatic rings. The molecule has 2 aromatic heterocycles. The van der Waals surface area contributed by atoms with Crippen molar-refractivity contribution in [1.29, 1.82) is 0 Å². The number of rotatable bonds is 7. The second-order valence-electron chi connectivity index (χ2n) is 4.47. The molecule has 0 aliphatic heterocycles. The Bertz CT molecular complexity index is 596. The molecule has 0 fully saturated rings. The normalized spacial score (nSPS) is 10.6. The molecular weight excluding hydrogens is 324 g/mol. The Hall–Kier alpha value is -1.12. The van der Waals surface area contributed by atoms with Gasteiger partial charge in [0.05, 0.1) is 12.3 Å². The summed E-state index contributed by atoms with van der Waals surface area (Å²) in [6.07, 6.45) is 0. The molecule has 8 heteroatoms. The summed E-state index contributed by atoms with van der Waals surface area (Å²) in [6, 6.07) is 2.08. The molecule has 5 nitrogen and oxygen atoms in total. The molecule has 0 bridgehead atoms. The average molecular weight is 343 g/mol. The number of thiophene rings is 1. The van der Waals surface area contributed by atoms with Gasteiger partial charge in [0.15, 0.2) is 4.34 Å². The zero-order valence-electron chi connectivity index (χ0n) is 12.3. The minimum Gasteiger partial charge on any atom is -0.360 e. The zero-order valence-corrected chi connectivity index (χ0v) is 14.7. The predicted octanol–water partition coefficient (Wildman–Crippen LogP) is 3.09. The van der Waals surface area contributed by atoms with Crippen molar-refractivity contribution >= 4 is 45.5 Å². The number of aromatic nitrogens is 2. The maximum Gasteiger partial charge on any atom is 0.233 e. The third-order valence-corrected chi connectivity index (χ3v) is 5.84. The molecule has 0 spiro atoms. The average Bonchev–Trinajstić information content (AvgIpc) is 3.06. The van der Waals surface area contributed by atoms with Crippen LogP contribution in [-0.4, -0.2) is 40.3 Å². The van der Waals surface area contributed by atoms with E-state index < -0.39 is 0 Å². The summed E-state index contributed by atoms with van der Waals surface area (Å²) in [5.41, 5.74) is 1.24. The number of amides is 1.